The van der Waals surface area contributed by atoms with Crippen molar-refractivity contribution in [2.24, 2.45) is 32.3 Å². The van der Waals surface area contributed by atoms with Gasteiger partial charge in [0.05, 0.1) is 22.7 Å². The third-order valence-electron chi connectivity index (χ3n) is 5.79. The monoisotopic (exact) mass is 500 g/mol. The molecule has 0 aliphatic heterocycles. The standard InChI is InChI=1S/C30H24N6O2/c31-37-29-17-13-27(14-18-29)35-33-25-9-5-23(6-10-25)21-1-2-22(4-3-21)24-7-11-26(12-8-24)34-36-28-15-19-30(38-32)20-16-28/h1-20H,31-32H2/b35-33+,36-34+. The molecule has 4 N–H and O–H groups in total. The molecule has 0 spiro atoms. The van der Waals surface area contributed by atoms with Crippen molar-refractivity contribution >= 4 is 22.7 Å². The van der Waals surface area contributed by atoms with Crippen molar-refractivity contribution in [3.05, 3.63) is 121 Å². The molecular formula is C30H24N6O2. The van der Waals surface area contributed by atoms with E-state index in [0.29, 0.717) is 11.5 Å². The molecule has 0 radical (unpaired) electrons. The average molecular weight is 501 g/mol. The maximum absolute atomic E-state index is 5.14. The molecule has 38 heavy (non-hydrogen) atoms. The van der Waals surface area contributed by atoms with Gasteiger partial charge in [-0.15, -0.1) is 0 Å². The predicted molar refractivity (Wildman–Crippen MR) is 148 cm³/mol. The largest absolute Gasteiger partial charge is 0.412 e. The third-order valence-corrected chi connectivity index (χ3v) is 5.79. The second-order valence-corrected chi connectivity index (χ2v) is 8.29. The summed E-state index contributed by atoms with van der Waals surface area (Å²) in [6.07, 6.45) is 0. The molecule has 0 aromatic heterocycles. The number of nitrogens with zero attached hydrogens (tertiary/aromatic N) is 4. The van der Waals surface area contributed by atoms with E-state index in [4.69, 9.17) is 11.8 Å². The van der Waals surface area contributed by atoms with Crippen molar-refractivity contribution in [3.8, 4) is 33.8 Å². The Morgan fingerprint density at radius 2 is 0.526 bits per heavy atom. The minimum Gasteiger partial charge on any atom is -0.412 e. The number of azo groups is 2. The summed E-state index contributed by atoms with van der Waals surface area (Å²) in [5.41, 5.74) is 7.40. The number of hydrogen-bond acceptors (Lipinski definition) is 8. The van der Waals surface area contributed by atoms with Crippen molar-refractivity contribution < 1.29 is 9.68 Å². The van der Waals surface area contributed by atoms with E-state index in [9.17, 15) is 0 Å². The summed E-state index contributed by atoms with van der Waals surface area (Å²) in [5, 5.41) is 17.1. The highest BCUT2D eigenvalue weighted by atomic mass is 16.6. The SMILES string of the molecule is NOc1ccc(/N=N/c2ccc(-c3ccc(-c4ccc(/N=N/c5ccc(ON)cc5)cc4)cc3)cc2)cc1. The van der Waals surface area contributed by atoms with Crippen LogP contribution in [0.4, 0.5) is 22.7 Å². The molecule has 5 rings (SSSR count). The quantitative estimate of drug-likeness (QED) is 0.164. The van der Waals surface area contributed by atoms with Crippen molar-refractivity contribution in [2.75, 3.05) is 0 Å². The normalized spacial score (nSPS) is 11.2. The molecule has 0 heterocycles. The fraction of sp³-hybridized carbons (Fsp3) is 0. The number of benzene rings is 5. The van der Waals surface area contributed by atoms with Crippen LogP contribution in [0.3, 0.4) is 0 Å². The number of rotatable bonds is 8. The average Bonchev–Trinajstić information content (AvgIpc) is 3.00. The lowest BCUT2D eigenvalue weighted by atomic mass is 10.00. The van der Waals surface area contributed by atoms with Gasteiger partial charge in [-0.1, -0.05) is 48.5 Å². The predicted octanol–water partition coefficient (Wildman–Crippen LogP) is 8.36. The zero-order valence-corrected chi connectivity index (χ0v) is 20.3. The minimum absolute atomic E-state index is 0.570. The Hall–Kier alpha value is -5.18. The Morgan fingerprint density at radius 3 is 0.763 bits per heavy atom. The van der Waals surface area contributed by atoms with Gasteiger partial charge in [0.2, 0.25) is 0 Å². The van der Waals surface area contributed by atoms with E-state index in [-0.39, 0.29) is 0 Å². The van der Waals surface area contributed by atoms with E-state index < -0.39 is 0 Å². The second kappa shape index (κ2) is 11.7. The molecule has 0 fully saturated rings. The molecule has 8 nitrogen and oxygen atoms in total. The zero-order valence-electron chi connectivity index (χ0n) is 20.3. The van der Waals surface area contributed by atoms with Crippen LogP contribution < -0.4 is 21.5 Å². The number of hydrogen-bond donors (Lipinski definition) is 2. The first-order chi connectivity index (χ1) is 18.7. The maximum atomic E-state index is 5.14. The summed E-state index contributed by atoms with van der Waals surface area (Å²) in [6.45, 7) is 0. The van der Waals surface area contributed by atoms with E-state index in [1.54, 1.807) is 48.5 Å². The lowest BCUT2D eigenvalue weighted by molar-refractivity contribution is 0.334. The van der Waals surface area contributed by atoms with Crippen molar-refractivity contribution in [1.29, 1.82) is 0 Å². The maximum Gasteiger partial charge on any atom is 0.146 e. The molecule has 5 aromatic carbocycles. The van der Waals surface area contributed by atoms with Crippen LogP contribution in [0, 0.1) is 0 Å². The van der Waals surface area contributed by atoms with Gasteiger partial charge in [0, 0.05) is 0 Å². The fourth-order valence-corrected chi connectivity index (χ4v) is 3.71. The Morgan fingerprint density at radius 1 is 0.316 bits per heavy atom. The van der Waals surface area contributed by atoms with Gasteiger partial charge in [-0.05, 0) is 95.1 Å². The van der Waals surface area contributed by atoms with Gasteiger partial charge in [0.1, 0.15) is 11.5 Å². The molecule has 0 unspecified atom stereocenters. The summed E-state index contributed by atoms with van der Waals surface area (Å²) in [5.74, 6) is 11.4. The van der Waals surface area contributed by atoms with Gasteiger partial charge in [-0.2, -0.15) is 32.3 Å². The molecular weight excluding hydrogens is 476 g/mol. The Bertz CT molecular complexity index is 1410. The third kappa shape index (κ3) is 6.14. The van der Waals surface area contributed by atoms with Crippen LogP contribution in [0.15, 0.2) is 142 Å². The second-order valence-electron chi connectivity index (χ2n) is 8.29. The van der Waals surface area contributed by atoms with E-state index >= 15 is 0 Å². The molecule has 0 bridgehead atoms. The van der Waals surface area contributed by atoms with Crippen LogP contribution >= 0.6 is 0 Å². The van der Waals surface area contributed by atoms with Crippen molar-refractivity contribution in [3.63, 3.8) is 0 Å². The summed E-state index contributed by atoms with van der Waals surface area (Å²) >= 11 is 0. The van der Waals surface area contributed by atoms with Gasteiger partial charge in [0.15, 0.2) is 0 Å². The van der Waals surface area contributed by atoms with Crippen molar-refractivity contribution in [1.82, 2.24) is 0 Å². The van der Waals surface area contributed by atoms with Gasteiger partial charge >= 0.3 is 0 Å². The summed E-state index contributed by atoms with van der Waals surface area (Å²) < 4.78 is 0. The van der Waals surface area contributed by atoms with Crippen LogP contribution in [0.1, 0.15) is 0 Å². The van der Waals surface area contributed by atoms with Gasteiger partial charge in [0.25, 0.3) is 0 Å². The van der Waals surface area contributed by atoms with Crippen LogP contribution in [0.2, 0.25) is 0 Å². The lowest BCUT2D eigenvalue weighted by Crippen LogP contribution is -2.00. The first-order valence-corrected chi connectivity index (χ1v) is 11.8. The van der Waals surface area contributed by atoms with E-state index in [0.717, 1.165) is 45.0 Å². The van der Waals surface area contributed by atoms with E-state index in [2.05, 4.69) is 54.4 Å². The molecule has 8 heteroatoms. The minimum atomic E-state index is 0.570. The molecule has 0 atom stereocenters. The number of nitrogens with two attached hydrogens (primary N) is 2. The highest BCUT2D eigenvalue weighted by Gasteiger charge is 2.02. The van der Waals surface area contributed by atoms with Crippen LogP contribution in [-0.4, -0.2) is 0 Å². The van der Waals surface area contributed by atoms with E-state index in [1.807, 2.05) is 48.5 Å². The first kappa shape index (κ1) is 24.5. The van der Waals surface area contributed by atoms with Crippen molar-refractivity contribution in [2.45, 2.75) is 0 Å². The Kier molecular flexibility index (Phi) is 7.55. The van der Waals surface area contributed by atoms with Crippen LogP contribution in [0.5, 0.6) is 11.5 Å². The highest BCUT2D eigenvalue weighted by Crippen LogP contribution is 2.29. The molecule has 5 aromatic rings. The summed E-state index contributed by atoms with van der Waals surface area (Å²) in [7, 11) is 0. The van der Waals surface area contributed by atoms with Crippen LogP contribution in [-0.2, 0) is 0 Å². The summed E-state index contributed by atoms with van der Waals surface area (Å²) in [6, 6.07) is 38.4. The van der Waals surface area contributed by atoms with Gasteiger partial charge in [-0.3, -0.25) is 0 Å². The van der Waals surface area contributed by atoms with Gasteiger partial charge in [-0.25, -0.2) is 0 Å². The smallest absolute Gasteiger partial charge is 0.146 e. The Balaban J connectivity index is 1.22. The lowest BCUT2D eigenvalue weighted by Gasteiger charge is -2.06. The topological polar surface area (TPSA) is 120 Å². The molecule has 0 saturated heterocycles. The highest BCUT2D eigenvalue weighted by molar-refractivity contribution is 5.71. The van der Waals surface area contributed by atoms with Crippen LogP contribution in [0.25, 0.3) is 22.3 Å². The molecule has 0 aliphatic rings. The summed E-state index contributed by atoms with van der Waals surface area (Å²) in [4.78, 5) is 9.34. The fourth-order valence-electron chi connectivity index (χ4n) is 3.71. The molecule has 0 aliphatic carbocycles. The van der Waals surface area contributed by atoms with E-state index in [1.165, 1.54) is 0 Å². The van der Waals surface area contributed by atoms with Gasteiger partial charge < -0.3 is 9.68 Å². The molecule has 186 valence electrons. The molecule has 0 amide bonds. The zero-order chi connectivity index (χ0) is 26.2. The first-order valence-electron chi connectivity index (χ1n) is 11.8. The molecule has 0 saturated carbocycles. The Labute approximate surface area is 219 Å².